The van der Waals surface area contributed by atoms with E-state index in [1.165, 1.54) is 0 Å². The molecule has 0 unspecified atom stereocenters. The van der Waals surface area contributed by atoms with Gasteiger partial charge in [-0.05, 0) is 13.3 Å². The van der Waals surface area contributed by atoms with Crippen LogP contribution in [0.2, 0.25) is 0 Å². The molecule has 0 rings (SSSR count). The van der Waals surface area contributed by atoms with Crippen molar-refractivity contribution in [1.82, 2.24) is 5.32 Å². The van der Waals surface area contributed by atoms with Crippen LogP contribution in [-0.2, 0) is 19.4 Å². The SMILES string of the molecule is C=C(C)C(=O)NCCCOS(=O)(=O)O. The lowest BCUT2D eigenvalue weighted by Gasteiger charge is -2.03. The van der Waals surface area contributed by atoms with Crippen LogP contribution in [-0.4, -0.2) is 32.0 Å². The molecule has 0 radical (unpaired) electrons. The first-order valence-electron chi connectivity index (χ1n) is 3.88. The van der Waals surface area contributed by atoms with E-state index in [0.717, 1.165) is 0 Å². The van der Waals surface area contributed by atoms with Gasteiger partial charge in [-0.2, -0.15) is 8.42 Å². The topological polar surface area (TPSA) is 92.7 Å². The van der Waals surface area contributed by atoms with Crippen LogP contribution in [0.5, 0.6) is 0 Å². The standard InChI is InChI=1S/C7H13NO5S/c1-6(2)7(9)8-4-3-5-13-14(10,11)12/h1,3-5H2,2H3,(H,8,9)(H,10,11,12). The first-order valence-corrected chi connectivity index (χ1v) is 5.25. The Labute approximate surface area is 82.9 Å². The third-order valence-corrected chi connectivity index (χ3v) is 1.69. The van der Waals surface area contributed by atoms with Crippen molar-refractivity contribution in [3.05, 3.63) is 12.2 Å². The Kier molecular flexibility index (Phi) is 5.36. The molecule has 1 amide bonds. The molecule has 0 heterocycles. The molecular formula is C7H13NO5S. The number of hydrogen-bond acceptors (Lipinski definition) is 4. The monoisotopic (exact) mass is 223 g/mol. The molecule has 0 aromatic carbocycles. The second kappa shape index (κ2) is 5.74. The highest BCUT2D eigenvalue weighted by Gasteiger charge is 2.04. The van der Waals surface area contributed by atoms with Crippen LogP contribution in [0.3, 0.4) is 0 Å². The summed E-state index contributed by atoms with van der Waals surface area (Å²) in [6, 6.07) is 0. The summed E-state index contributed by atoms with van der Waals surface area (Å²) < 4.78 is 32.3. The zero-order valence-corrected chi connectivity index (χ0v) is 8.63. The average molecular weight is 223 g/mol. The highest BCUT2D eigenvalue weighted by Crippen LogP contribution is 1.90. The average Bonchev–Trinajstić information content (AvgIpc) is 2.01. The summed E-state index contributed by atoms with van der Waals surface area (Å²) >= 11 is 0. The number of nitrogens with one attached hydrogen (secondary N) is 1. The van der Waals surface area contributed by atoms with E-state index in [9.17, 15) is 13.2 Å². The Balaban J connectivity index is 3.49. The summed E-state index contributed by atoms with van der Waals surface area (Å²) in [4.78, 5) is 10.9. The van der Waals surface area contributed by atoms with E-state index in [1.807, 2.05) is 0 Å². The van der Waals surface area contributed by atoms with Crippen molar-refractivity contribution in [2.75, 3.05) is 13.2 Å². The number of rotatable bonds is 6. The molecule has 0 fully saturated rings. The molecule has 2 N–H and O–H groups in total. The van der Waals surface area contributed by atoms with Crippen LogP contribution in [0, 0.1) is 0 Å². The fourth-order valence-corrected chi connectivity index (χ4v) is 0.918. The zero-order valence-electron chi connectivity index (χ0n) is 7.82. The molecule has 7 heteroatoms. The summed E-state index contributed by atoms with van der Waals surface area (Å²) in [6.45, 7) is 5.07. The van der Waals surface area contributed by atoms with Gasteiger partial charge in [0, 0.05) is 12.1 Å². The van der Waals surface area contributed by atoms with Crippen LogP contribution < -0.4 is 5.32 Å². The second-order valence-corrected chi connectivity index (χ2v) is 3.73. The number of hydrogen-bond donors (Lipinski definition) is 2. The minimum Gasteiger partial charge on any atom is -0.352 e. The first kappa shape index (κ1) is 13.1. The fourth-order valence-electron chi connectivity index (χ4n) is 0.589. The summed E-state index contributed by atoms with van der Waals surface area (Å²) in [5.74, 6) is -0.295. The lowest BCUT2D eigenvalue weighted by molar-refractivity contribution is -0.117. The van der Waals surface area contributed by atoms with Gasteiger partial charge in [0.15, 0.2) is 0 Å². The van der Waals surface area contributed by atoms with Crippen molar-refractivity contribution in [2.24, 2.45) is 0 Å². The predicted molar refractivity (Wildman–Crippen MR) is 49.9 cm³/mol. The Hall–Kier alpha value is -0.920. The van der Waals surface area contributed by atoms with E-state index in [0.29, 0.717) is 12.0 Å². The van der Waals surface area contributed by atoms with Gasteiger partial charge < -0.3 is 5.32 Å². The van der Waals surface area contributed by atoms with Gasteiger partial charge in [0.05, 0.1) is 6.61 Å². The maximum absolute atomic E-state index is 10.9. The van der Waals surface area contributed by atoms with Crippen LogP contribution in [0.4, 0.5) is 0 Å². The highest BCUT2D eigenvalue weighted by atomic mass is 32.3. The van der Waals surface area contributed by atoms with Crippen molar-refractivity contribution >= 4 is 16.3 Å². The molecule has 0 saturated carbocycles. The van der Waals surface area contributed by atoms with Crippen molar-refractivity contribution in [1.29, 1.82) is 0 Å². The molecular weight excluding hydrogens is 210 g/mol. The van der Waals surface area contributed by atoms with Crippen molar-refractivity contribution in [3.63, 3.8) is 0 Å². The third kappa shape index (κ3) is 7.71. The Bertz CT molecular complexity index is 308. The summed E-state index contributed by atoms with van der Waals surface area (Å²) in [6.07, 6.45) is 0.290. The van der Waals surface area contributed by atoms with Gasteiger partial charge in [0.25, 0.3) is 0 Å². The van der Waals surface area contributed by atoms with Crippen LogP contribution in [0.15, 0.2) is 12.2 Å². The van der Waals surface area contributed by atoms with Crippen LogP contribution in [0.1, 0.15) is 13.3 Å². The molecule has 0 aromatic heterocycles. The van der Waals surface area contributed by atoms with E-state index < -0.39 is 10.4 Å². The lowest BCUT2D eigenvalue weighted by atomic mass is 10.3. The van der Waals surface area contributed by atoms with E-state index in [-0.39, 0.29) is 19.1 Å². The minimum atomic E-state index is -4.37. The first-order chi connectivity index (χ1) is 6.33. The van der Waals surface area contributed by atoms with Gasteiger partial charge in [-0.1, -0.05) is 6.58 Å². The normalized spacial score (nSPS) is 11.0. The predicted octanol–water partition coefficient (Wildman–Crippen LogP) is -0.112. The second-order valence-electron chi connectivity index (χ2n) is 2.64. The van der Waals surface area contributed by atoms with Gasteiger partial charge >= 0.3 is 10.4 Å². The molecule has 82 valence electrons. The van der Waals surface area contributed by atoms with Gasteiger partial charge in [-0.25, -0.2) is 4.18 Å². The molecule has 0 aliphatic heterocycles. The van der Waals surface area contributed by atoms with Crippen LogP contribution >= 0.6 is 0 Å². The number of amides is 1. The van der Waals surface area contributed by atoms with Crippen molar-refractivity contribution < 1.29 is 21.9 Å². The lowest BCUT2D eigenvalue weighted by Crippen LogP contribution is -2.25. The molecule has 0 aliphatic rings. The van der Waals surface area contributed by atoms with Crippen LogP contribution in [0.25, 0.3) is 0 Å². The Morgan fingerprint density at radius 2 is 2.14 bits per heavy atom. The maximum Gasteiger partial charge on any atom is 0.397 e. The number of carbonyl (C=O) groups is 1. The van der Waals surface area contributed by atoms with Gasteiger partial charge in [-0.15, -0.1) is 0 Å². The van der Waals surface area contributed by atoms with E-state index >= 15 is 0 Å². The quantitative estimate of drug-likeness (QED) is 0.372. The number of carbonyl (C=O) groups excluding carboxylic acids is 1. The molecule has 0 bridgehead atoms. The van der Waals surface area contributed by atoms with E-state index in [2.05, 4.69) is 16.1 Å². The molecule has 0 aliphatic carbocycles. The third-order valence-electron chi connectivity index (χ3n) is 1.23. The molecule has 0 saturated heterocycles. The van der Waals surface area contributed by atoms with Gasteiger partial charge in [0.2, 0.25) is 5.91 Å². The van der Waals surface area contributed by atoms with Crippen molar-refractivity contribution in [2.45, 2.75) is 13.3 Å². The molecule has 6 nitrogen and oxygen atoms in total. The molecule has 14 heavy (non-hydrogen) atoms. The summed E-state index contributed by atoms with van der Waals surface area (Å²) in [5, 5.41) is 2.47. The molecule has 0 atom stereocenters. The fraction of sp³-hybridized carbons (Fsp3) is 0.571. The summed E-state index contributed by atoms with van der Waals surface area (Å²) in [7, 11) is -4.37. The Morgan fingerprint density at radius 3 is 2.57 bits per heavy atom. The minimum absolute atomic E-state index is 0.171. The van der Waals surface area contributed by atoms with Gasteiger partial charge in [0.1, 0.15) is 0 Å². The highest BCUT2D eigenvalue weighted by molar-refractivity contribution is 7.80. The molecule has 0 aromatic rings. The van der Waals surface area contributed by atoms with E-state index in [4.69, 9.17) is 4.55 Å². The summed E-state index contributed by atoms with van der Waals surface area (Å²) in [5.41, 5.74) is 0.376. The maximum atomic E-state index is 10.9. The molecule has 0 spiro atoms. The van der Waals surface area contributed by atoms with E-state index in [1.54, 1.807) is 6.92 Å². The van der Waals surface area contributed by atoms with Gasteiger partial charge in [-0.3, -0.25) is 9.35 Å². The smallest absolute Gasteiger partial charge is 0.352 e. The largest absolute Gasteiger partial charge is 0.397 e. The van der Waals surface area contributed by atoms with Crippen molar-refractivity contribution in [3.8, 4) is 0 Å². The zero-order chi connectivity index (χ0) is 11.2. The Morgan fingerprint density at radius 1 is 1.57 bits per heavy atom.